The summed E-state index contributed by atoms with van der Waals surface area (Å²) in [7, 11) is 5.36. The van der Waals surface area contributed by atoms with Crippen LogP contribution in [0, 0.1) is 5.41 Å². The van der Waals surface area contributed by atoms with Crippen LogP contribution >= 0.6 is 0 Å². The SMILES string of the molecule is CN(C)C(=O)c1ccc2c(c1)N(C)[C@@H](CC(=O)NCC1(CO)CCC1)CO2. The number of rotatable bonds is 6. The summed E-state index contributed by atoms with van der Waals surface area (Å²) in [5.41, 5.74) is 1.28. The Morgan fingerprint density at radius 3 is 2.70 bits per heavy atom. The van der Waals surface area contributed by atoms with Crippen LogP contribution in [0.4, 0.5) is 5.69 Å². The van der Waals surface area contributed by atoms with Crippen LogP contribution in [0.2, 0.25) is 0 Å². The zero-order valence-corrected chi connectivity index (χ0v) is 16.3. The Morgan fingerprint density at radius 2 is 2.11 bits per heavy atom. The molecule has 148 valence electrons. The number of amides is 2. The molecule has 0 unspecified atom stereocenters. The number of carbonyl (C=O) groups is 2. The molecule has 7 heteroatoms. The van der Waals surface area contributed by atoms with Crippen LogP contribution in [0.25, 0.3) is 0 Å². The molecule has 2 aliphatic rings. The first kappa shape index (κ1) is 19.5. The second kappa shape index (κ2) is 7.76. The molecule has 1 heterocycles. The summed E-state index contributed by atoms with van der Waals surface area (Å²) < 4.78 is 5.81. The van der Waals surface area contributed by atoms with Gasteiger partial charge in [-0.25, -0.2) is 0 Å². The average Bonchev–Trinajstić information content (AvgIpc) is 2.62. The molecule has 1 saturated carbocycles. The van der Waals surface area contributed by atoms with E-state index in [1.54, 1.807) is 26.2 Å². The standard InChI is InChI=1S/C20H29N3O4/c1-22(2)19(26)14-5-6-17-16(9-14)23(3)15(11-27-17)10-18(25)21-12-20(13-24)7-4-8-20/h5-6,9,15,24H,4,7-8,10-13H2,1-3H3,(H,21,25)/t15-/m0/s1. The van der Waals surface area contributed by atoms with Gasteiger partial charge in [0.05, 0.1) is 24.8 Å². The Hall–Kier alpha value is -2.28. The molecule has 0 bridgehead atoms. The van der Waals surface area contributed by atoms with E-state index in [0.717, 1.165) is 30.7 Å². The van der Waals surface area contributed by atoms with E-state index in [9.17, 15) is 14.7 Å². The lowest BCUT2D eigenvalue weighted by atomic mass is 9.69. The number of nitrogens with zero attached hydrogens (tertiary/aromatic N) is 2. The predicted octanol–water partition coefficient (Wildman–Crippen LogP) is 1.25. The maximum absolute atomic E-state index is 12.4. The number of hydrogen-bond donors (Lipinski definition) is 2. The van der Waals surface area contributed by atoms with Gasteiger partial charge in [0.2, 0.25) is 5.91 Å². The number of hydrogen-bond acceptors (Lipinski definition) is 5. The van der Waals surface area contributed by atoms with Crippen molar-refractivity contribution >= 4 is 17.5 Å². The number of nitrogens with one attached hydrogen (secondary N) is 1. The van der Waals surface area contributed by atoms with Gasteiger partial charge in [-0.3, -0.25) is 9.59 Å². The van der Waals surface area contributed by atoms with Crippen molar-refractivity contribution in [1.29, 1.82) is 0 Å². The lowest BCUT2D eigenvalue weighted by Gasteiger charge is -2.40. The monoisotopic (exact) mass is 375 g/mol. The molecule has 1 fully saturated rings. The number of aliphatic hydroxyl groups excluding tert-OH is 1. The first-order chi connectivity index (χ1) is 12.8. The molecular formula is C20H29N3O4. The van der Waals surface area contributed by atoms with Gasteiger partial charge in [-0.2, -0.15) is 0 Å². The fourth-order valence-corrected chi connectivity index (χ4v) is 3.64. The molecule has 7 nitrogen and oxygen atoms in total. The van der Waals surface area contributed by atoms with E-state index in [0.29, 0.717) is 25.1 Å². The van der Waals surface area contributed by atoms with Crippen LogP contribution in [0.3, 0.4) is 0 Å². The topological polar surface area (TPSA) is 82.1 Å². The van der Waals surface area contributed by atoms with Crippen molar-refractivity contribution in [3.63, 3.8) is 0 Å². The highest BCUT2D eigenvalue weighted by atomic mass is 16.5. The summed E-state index contributed by atoms with van der Waals surface area (Å²) in [4.78, 5) is 28.2. The number of fused-ring (bicyclic) bond motifs is 1. The first-order valence-corrected chi connectivity index (χ1v) is 9.44. The van der Waals surface area contributed by atoms with E-state index < -0.39 is 0 Å². The molecule has 3 rings (SSSR count). The second-order valence-electron chi connectivity index (χ2n) is 7.95. The molecule has 0 radical (unpaired) electrons. The molecule has 1 aromatic carbocycles. The molecule has 2 N–H and O–H groups in total. The van der Waals surface area contributed by atoms with E-state index in [-0.39, 0.29) is 29.9 Å². The zero-order valence-electron chi connectivity index (χ0n) is 16.3. The van der Waals surface area contributed by atoms with Crippen molar-refractivity contribution in [2.75, 3.05) is 45.8 Å². The summed E-state index contributed by atoms with van der Waals surface area (Å²) in [5.74, 6) is 0.609. The molecule has 0 saturated heterocycles. The molecule has 1 aliphatic carbocycles. The molecule has 1 aliphatic heterocycles. The molecule has 1 atom stereocenters. The van der Waals surface area contributed by atoms with Gasteiger partial charge in [-0.1, -0.05) is 6.42 Å². The Bertz CT molecular complexity index is 710. The normalized spacial score (nSPS) is 20.1. The van der Waals surface area contributed by atoms with Gasteiger partial charge in [-0.05, 0) is 31.0 Å². The largest absolute Gasteiger partial charge is 0.489 e. The maximum atomic E-state index is 12.4. The summed E-state index contributed by atoms with van der Waals surface area (Å²) in [6.45, 7) is 1.07. The minimum Gasteiger partial charge on any atom is -0.489 e. The molecule has 0 spiro atoms. The lowest BCUT2D eigenvalue weighted by molar-refractivity contribution is -0.122. The third-order valence-corrected chi connectivity index (χ3v) is 5.80. The van der Waals surface area contributed by atoms with Crippen LogP contribution in [0.1, 0.15) is 36.0 Å². The minimum atomic E-state index is -0.126. The number of carbonyl (C=O) groups excluding carboxylic acids is 2. The van der Waals surface area contributed by atoms with Gasteiger partial charge in [0.1, 0.15) is 12.4 Å². The zero-order chi connectivity index (χ0) is 19.6. The summed E-state index contributed by atoms with van der Waals surface area (Å²) in [6, 6.07) is 5.28. The van der Waals surface area contributed by atoms with Crippen molar-refractivity contribution in [3.05, 3.63) is 23.8 Å². The van der Waals surface area contributed by atoms with Gasteiger partial charge in [0.25, 0.3) is 5.91 Å². The number of anilines is 1. The maximum Gasteiger partial charge on any atom is 0.253 e. The van der Waals surface area contributed by atoms with Gasteiger partial charge in [0.15, 0.2) is 0 Å². The molecule has 1 aromatic rings. The van der Waals surface area contributed by atoms with Crippen molar-refractivity contribution in [2.45, 2.75) is 31.7 Å². The summed E-state index contributed by atoms with van der Waals surface area (Å²) in [5, 5.41) is 12.5. The van der Waals surface area contributed by atoms with Gasteiger partial charge >= 0.3 is 0 Å². The number of aliphatic hydroxyl groups is 1. The minimum absolute atomic E-state index is 0.0425. The fraction of sp³-hybridized carbons (Fsp3) is 0.600. The quantitative estimate of drug-likeness (QED) is 0.782. The van der Waals surface area contributed by atoms with E-state index in [2.05, 4.69) is 5.32 Å². The van der Waals surface area contributed by atoms with E-state index >= 15 is 0 Å². The summed E-state index contributed by atoms with van der Waals surface area (Å²) in [6.07, 6.45) is 3.35. The Morgan fingerprint density at radius 1 is 1.37 bits per heavy atom. The van der Waals surface area contributed by atoms with Crippen molar-refractivity contribution in [1.82, 2.24) is 10.2 Å². The van der Waals surface area contributed by atoms with E-state index in [1.165, 1.54) is 4.90 Å². The fourth-order valence-electron chi connectivity index (χ4n) is 3.64. The third kappa shape index (κ3) is 4.03. The van der Waals surface area contributed by atoms with Crippen molar-refractivity contribution < 1.29 is 19.4 Å². The number of ether oxygens (including phenoxy) is 1. The number of benzene rings is 1. The van der Waals surface area contributed by atoms with Crippen LogP contribution in [-0.4, -0.2) is 68.8 Å². The van der Waals surface area contributed by atoms with Crippen LogP contribution in [-0.2, 0) is 4.79 Å². The smallest absolute Gasteiger partial charge is 0.253 e. The van der Waals surface area contributed by atoms with Crippen LogP contribution in [0.5, 0.6) is 5.75 Å². The highest BCUT2D eigenvalue weighted by Gasteiger charge is 2.37. The van der Waals surface area contributed by atoms with E-state index in [4.69, 9.17) is 4.74 Å². The highest BCUT2D eigenvalue weighted by Crippen LogP contribution is 2.39. The van der Waals surface area contributed by atoms with Crippen molar-refractivity contribution in [3.8, 4) is 5.75 Å². The highest BCUT2D eigenvalue weighted by molar-refractivity contribution is 5.95. The first-order valence-electron chi connectivity index (χ1n) is 9.44. The Labute approximate surface area is 160 Å². The van der Waals surface area contributed by atoms with E-state index in [1.807, 2.05) is 18.0 Å². The van der Waals surface area contributed by atoms with Crippen molar-refractivity contribution in [2.24, 2.45) is 5.41 Å². The van der Waals surface area contributed by atoms with Crippen LogP contribution in [0.15, 0.2) is 18.2 Å². The second-order valence-corrected chi connectivity index (χ2v) is 7.95. The number of likely N-dealkylation sites (N-methyl/N-ethyl adjacent to an activating group) is 1. The summed E-state index contributed by atoms with van der Waals surface area (Å²) >= 11 is 0. The van der Waals surface area contributed by atoms with Gasteiger partial charge < -0.3 is 25.0 Å². The lowest BCUT2D eigenvalue weighted by Crippen LogP contribution is -2.47. The van der Waals surface area contributed by atoms with Gasteiger partial charge in [0, 0.05) is 38.7 Å². The Kier molecular flexibility index (Phi) is 5.60. The molecule has 27 heavy (non-hydrogen) atoms. The predicted molar refractivity (Wildman–Crippen MR) is 103 cm³/mol. The van der Waals surface area contributed by atoms with Crippen LogP contribution < -0.4 is 15.0 Å². The average molecular weight is 375 g/mol. The molecular weight excluding hydrogens is 346 g/mol. The molecule has 0 aromatic heterocycles. The van der Waals surface area contributed by atoms with Gasteiger partial charge in [-0.15, -0.1) is 0 Å². The Balaban J connectivity index is 1.63. The molecule has 2 amide bonds. The third-order valence-electron chi connectivity index (χ3n) is 5.80.